The molecule has 0 amide bonds. The number of nitrogens with one attached hydrogen (secondary N) is 1. The van der Waals surface area contributed by atoms with Crippen LogP contribution in [0.15, 0.2) is 42.6 Å². The summed E-state index contributed by atoms with van der Waals surface area (Å²) >= 11 is 0. The molecule has 0 aliphatic heterocycles. The Balaban J connectivity index is 1.72. The van der Waals surface area contributed by atoms with Gasteiger partial charge in [-0.15, -0.1) is 10.2 Å². The number of ether oxygens (including phenoxy) is 2. The molecule has 0 saturated heterocycles. The van der Waals surface area contributed by atoms with Crippen LogP contribution in [0.3, 0.4) is 0 Å². The topological polar surface area (TPSA) is 60.7 Å². The highest BCUT2D eigenvalue weighted by Gasteiger charge is 2.14. The van der Waals surface area contributed by atoms with Crippen molar-refractivity contribution in [2.45, 2.75) is 26.1 Å². The van der Waals surface area contributed by atoms with Crippen LogP contribution < -0.4 is 14.8 Å². The second kappa shape index (κ2) is 7.43. The Kier molecular flexibility index (Phi) is 5.08. The summed E-state index contributed by atoms with van der Waals surface area (Å²) in [5, 5.41) is 11.6. The Bertz CT molecular complexity index is 854. The van der Waals surface area contributed by atoms with E-state index >= 15 is 0 Å². The number of alkyl halides is 2. The Labute approximate surface area is 143 Å². The number of methoxy groups -OCH3 is 1. The van der Waals surface area contributed by atoms with Crippen LogP contribution in [0.4, 0.5) is 8.78 Å². The van der Waals surface area contributed by atoms with Crippen molar-refractivity contribution in [3.8, 4) is 11.5 Å². The number of hydrogen-bond donors (Lipinski definition) is 1. The molecule has 0 radical (unpaired) electrons. The highest BCUT2D eigenvalue weighted by molar-refractivity contribution is 5.43. The van der Waals surface area contributed by atoms with Crippen LogP contribution >= 0.6 is 0 Å². The number of fused-ring (bicyclic) bond motifs is 1. The molecule has 0 bridgehead atoms. The van der Waals surface area contributed by atoms with Gasteiger partial charge < -0.3 is 14.8 Å². The maximum absolute atomic E-state index is 12.5. The molecule has 0 fully saturated rings. The summed E-state index contributed by atoms with van der Waals surface area (Å²) in [7, 11) is 1.41. The predicted molar refractivity (Wildman–Crippen MR) is 87.9 cm³/mol. The van der Waals surface area contributed by atoms with Gasteiger partial charge in [-0.25, -0.2) is 0 Å². The van der Waals surface area contributed by atoms with E-state index in [0.717, 1.165) is 17.0 Å². The lowest BCUT2D eigenvalue weighted by atomic mass is 10.2. The fraction of sp³-hybridized carbons (Fsp3) is 0.294. The van der Waals surface area contributed by atoms with E-state index in [4.69, 9.17) is 4.74 Å². The third kappa shape index (κ3) is 3.85. The molecule has 1 aromatic carbocycles. The molecule has 6 nitrogen and oxygen atoms in total. The molecule has 3 aromatic rings. The first-order valence-electron chi connectivity index (χ1n) is 7.73. The first kappa shape index (κ1) is 17.1. The highest BCUT2D eigenvalue weighted by atomic mass is 19.3. The van der Waals surface area contributed by atoms with Gasteiger partial charge in [0.15, 0.2) is 23.0 Å². The van der Waals surface area contributed by atoms with Gasteiger partial charge in [0.25, 0.3) is 0 Å². The third-order valence-corrected chi connectivity index (χ3v) is 3.78. The summed E-state index contributed by atoms with van der Waals surface area (Å²) in [6.45, 7) is -0.492. The standard InChI is InChI=1S/C17H18F2N4O2/c1-11(16-22-21-15-5-3-4-8-23(15)16)20-10-12-6-7-13(24-2)14(9-12)25-17(18)19/h3-9,11,17,20H,10H2,1-2H3. The second-order valence-corrected chi connectivity index (χ2v) is 5.45. The first-order valence-corrected chi connectivity index (χ1v) is 7.73. The number of rotatable bonds is 7. The van der Waals surface area contributed by atoms with Crippen LogP contribution in [0.5, 0.6) is 11.5 Å². The van der Waals surface area contributed by atoms with E-state index in [1.165, 1.54) is 13.2 Å². The molecule has 0 saturated carbocycles. The van der Waals surface area contributed by atoms with E-state index in [9.17, 15) is 8.78 Å². The average molecular weight is 348 g/mol. The van der Waals surface area contributed by atoms with Crippen LogP contribution in [0.1, 0.15) is 24.4 Å². The van der Waals surface area contributed by atoms with Crippen molar-refractivity contribution in [1.82, 2.24) is 19.9 Å². The maximum Gasteiger partial charge on any atom is 0.387 e. The van der Waals surface area contributed by atoms with Crippen LogP contribution in [-0.4, -0.2) is 28.3 Å². The Morgan fingerprint density at radius 1 is 1.16 bits per heavy atom. The smallest absolute Gasteiger partial charge is 0.387 e. The van der Waals surface area contributed by atoms with Crippen LogP contribution in [0.2, 0.25) is 0 Å². The van der Waals surface area contributed by atoms with Crippen molar-refractivity contribution in [1.29, 1.82) is 0 Å². The molecular formula is C17H18F2N4O2. The lowest BCUT2D eigenvalue weighted by molar-refractivity contribution is -0.0512. The van der Waals surface area contributed by atoms with Crippen molar-refractivity contribution < 1.29 is 18.3 Å². The summed E-state index contributed by atoms with van der Waals surface area (Å²) < 4.78 is 36.4. The van der Waals surface area contributed by atoms with Gasteiger partial charge in [-0.1, -0.05) is 12.1 Å². The molecule has 1 unspecified atom stereocenters. The largest absolute Gasteiger partial charge is 0.493 e. The first-order chi connectivity index (χ1) is 12.1. The lowest BCUT2D eigenvalue weighted by Gasteiger charge is -2.14. The third-order valence-electron chi connectivity index (χ3n) is 3.78. The zero-order valence-electron chi connectivity index (χ0n) is 13.8. The average Bonchev–Trinajstić information content (AvgIpc) is 3.03. The minimum atomic E-state index is -2.90. The van der Waals surface area contributed by atoms with Gasteiger partial charge >= 0.3 is 6.61 Å². The molecule has 1 N–H and O–H groups in total. The van der Waals surface area contributed by atoms with Gasteiger partial charge in [0, 0.05) is 12.7 Å². The minimum absolute atomic E-state index is 0.0115. The molecule has 0 aliphatic carbocycles. The lowest BCUT2D eigenvalue weighted by Crippen LogP contribution is -2.20. The van der Waals surface area contributed by atoms with E-state index in [0.29, 0.717) is 6.54 Å². The SMILES string of the molecule is COc1ccc(CNC(C)c2nnc3ccccn23)cc1OC(F)F. The van der Waals surface area contributed by atoms with E-state index in [1.54, 1.807) is 12.1 Å². The maximum atomic E-state index is 12.5. The normalized spacial score (nSPS) is 12.5. The van der Waals surface area contributed by atoms with E-state index in [-0.39, 0.29) is 17.5 Å². The summed E-state index contributed by atoms with van der Waals surface area (Å²) in [5.41, 5.74) is 1.56. The van der Waals surface area contributed by atoms with E-state index in [2.05, 4.69) is 20.3 Å². The molecule has 25 heavy (non-hydrogen) atoms. The van der Waals surface area contributed by atoms with E-state index in [1.807, 2.05) is 35.7 Å². The van der Waals surface area contributed by atoms with Crippen molar-refractivity contribution in [3.63, 3.8) is 0 Å². The second-order valence-electron chi connectivity index (χ2n) is 5.45. The van der Waals surface area contributed by atoms with Crippen LogP contribution in [0.25, 0.3) is 5.65 Å². The number of halogens is 2. The molecule has 2 heterocycles. The van der Waals surface area contributed by atoms with Crippen LogP contribution in [0, 0.1) is 0 Å². The highest BCUT2D eigenvalue weighted by Crippen LogP contribution is 2.29. The number of hydrogen-bond acceptors (Lipinski definition) is 5. The molecule has 0 aliphatic rings. The minimum Gasteiger partial charge on any atom is -0.493 e. The van der Waals surface area contributed by atoms with Crippen LogP contribution in [-0.2, 0) is 6.54 Å². The molecule has 2 aromatic heterocycles. The van der Waals surface area contributed by atoms with Crippen molar-refractivity contribution >= 4 is 5.65 Å². The fourth-order valence-electron chi connectivity index (χ4n) is 2.54. The predicted octanol–water partition coefficient (Wildman–Crippen LogP) is 3.19. The molecule has 8 heteroatoms. The molecule has 3 rings (SSSR count). The summed E-state index contributed by atoms with van der Waals surface area (Å²) in [5.74, 6) is 1.05. The summed E-state index contributed by atoms with van der Waals surface area (Å²) in [4.78, 5) is 0. The number of aromatic nitrogens is 3. The quantitative estimate of drug-likeness (QED) is 0.711. The Morgan fingerprint density at radius 2 is 2.00 bits per heavy atom. The monoisotopic (exact) mass is 348 g/mol. The van der Waals surface area contributed by atoms with Crippen molar-refractivity contribution in [3.05, 3.63) is 54.0 Å². The van der Waals surface area contributed by atoms with Gasteiger partial charge in [-0.3, -0.25) is 4.40 Å². The Hall–Kier alpha value is -2.74. The molecule has 132 valence electrons. The fourth-order valence-corrected chi connectivity index (χ4v) is 2.54. The zero-order chi connectivity index (χ0) is 17.8. The summed E-state index contributed by atoms with van der Waals surface area (Å²) in [6, 6.07) is 10.5. The summed E-state index contributed by atoms with van der Waals surface area (Å²) in [6.07, 6.45) is 1.89. The zero-order valence-corrected chi connectivity index (χ0v) is 13.8. The van der Waals surface area contributed by atoms with Gasteiger partial charge in [0.05, 0.1) is 13.2 Å². The van der Waals surface area contributed by atoms with E-state index < -0.39 is 6.61 Å². The number of benzene rings is 1. The molecule has 0 spiro atoms. The number of pyridine rings is 1. The Morgan fingerprint density at radius 3 is 2.76 bits per heavy atom. The van der Waals surface area contributed by atoms with Gasteiger partial charge in [-0.05, 0) is 36.8 Å². The number of nitrogens with zero attached hydrogens (tertiary/aromatic N) is 3. The molecular weight excluding hydrogens is 330 g/mol. The van der Waals surface area contributed by atoms with Crippen molar-refractivity contribution in [2.24, 2.45) is 0 Å². The van der Waals surface area contributed by atoms with Gasteiger partial charge in [0.1, 0.15) is 0 Å². The van der Waals surface area contributed by atoms with Crippen molar-refractivity contribution in [2.75, 3.05) is 7.11 Å². The molecule has 1 atom stereocenters. The van der Waals surface area contributed by atoms with Gasteiger partial charge in [0.2, 0.25) is 0 Å². The van der Waals surface area contributed by atoms with Gasteiger partial charge in [-0.2, -0.15) is 8.78 Å².